The van der Waals surface area contributed by atoms with E-state index in [-0.39, 0.29) is 0 Å². The smallest absolute Gasteiger partial charge is 0.399 e. The molecule has 0 atom stereocenters. The third-order valence-corrected chi connectivity index (χ3v) is 12.2. The van der Waals surface area contributed by atoms with Crippen LogP contribution in [0.5, 0.6) is 0 Å². The molecule has 4 nitrogen and oxygen atoms in total. The first-order valence-electron chi connectivity index (χ1n) is 17.9. The SMILES string of the molecule is CCCCCCc1cc(C)cc(C2(C)c3cc(B4OC(C)(C)C(C)(C)O4)c(C)cc3-c3cc(C)c(B4OC(C)(C)C(C)(C)O4)cc32)c1. The lowest BCUT2D eigenvalue weighted by molar-refractivity contribution is 0.00578. The molecule has 2 aliphatic heterocycles. The predicted molar refractivity (Wildman–Crippen MR) is 197 cm³/mol. The van der Waals surface area contributed by atoms with E-state index in [1.807, 2.05) is 0 Å². The van der Waals surface area contributed by atoms with E-state index in [0.717, 1.165) is 17.3 Å². The summed E-state index contributed by atoms with van der Waals surface area (Å²) in [5, 5.41) is 0. The molecule has 3 aromatic rings. The first-order chi connectivity index (χ1) is 21.8. The lowest BCUT2D eigenvalue weighted by Gasteiger charge is -2.32. The predicted octanol–water partition coefficient (Wildman–Crippen LogP) is 8.67. The number of unbranched alkanes of at least 4 members (excludes halogenated alkanes) is 3. The topological polar surface area (TPSA) is 36.9 Å². The largest absolute Gasteiger partial charge is 0.495 e. The van der Waals surface area contributed by atoms with Crippen LogP contribution in [0.4, 0.5) is 0 Å². The molecule has 0 aromatic heterocycles. The van der Waals surface area contributed by atoms with Crippen LogP contribution >= 0.6 is 0 Å². The van der Waals surface area contributed by atoms with Gasteiger partial charge in [-0.25, -0.2) is 0 Å². The minimum atomic E-state index is -0.424. The second-order valence-electron chi connectivity index (χ2n) is 16.8. The van der Waals surface area contributed by atoms with Crippen molar-refractivity contribution >= 4 is 25.2 Å². The molecule has 2 fully saturated rings. The third-order valence-electron chi connectivity index (χ3n) is 12.2. The molecule has 0 spiro atoms. The average Bonchev–Trinajstić information content (AvgIpc) is 3.43. The highest BCUT2D eigenvalue weighted by Gasteiger charge is 2.54. The van der Waals surface area contributed by atoms with E-state index in [9.17, 15) is 0 Å². The fourth-order valence-corrected chi connectivity index (χ4v) is 7.68. The lowest BCUT2D eigenvalue weighted by atomic mass is 9.68. The Kier molecular flexibility index (Phi) is 8.52. The number of aryl methyl sites for hydroxylation is 4. The van der Waals surface area contributed by atoms with Gasteiger partial charge in [0.2, 0.25) is 0 Å². The average molecular weight is 635 g/mol. The number of hydrogen-bond acceptors (Lipinski definition) is 4. The van der Waals surface area contributed by atoms with Gasteiger partial charge in [-0.15, -0.1) is 0 Å². The van der Waals surface area contributed by atoms with E-state index in [1.54, 1.807) is 0 Å². The van der Waals surface area contributed by atoms with Gasteiger partial charge in [-0.3, -0.25) is 0 Å². The van der Waals surface area contributed by atoms with E-state index in [4.69, 9.17) is 18.6 Å². The van der Waals surface area contributed by atoms with Crippen molar-refractivity contribution in [3.8, 4) is 11.1 Å². The Hall–Kier alpha value is -2.37. The van der Waals surface area contributed by atoms with Gasteiger partial charge in [-0.05, 0) is 140 Å². The molecule has 2 heterocycles. The maximum Gasteiger partial charge on any atom is 0.495 e. The summed E-state index contributed by atoms with van der Waals surface area (Å²) in [4.78, 5) is 0. The summed E-state index contributed by atoms with van der Waals surface area (Å²) in [5.41, 5.74) is 11.8. The van der Waals surface area contributed by atoms with Crippen LogP contribution in [-0.2, 0) is 30.5 Å². The summed E-state index contributed by atoms with van der Waals surface area (Å²) < 4.78 is 26.5. The minimum Gasteiger partial charge on any atom is -0.399 e. The summed E-state index contributed by atoms with van der Waals surface area (Å²) in [6, 6.07) is 16.8. The van der Waals surface area contributed by atoms with Gasteiger partial charge < -0.3 is 18.6 Å². The zero-order chi connectivity index (χ0) is 34.3. The van der Waals surface area contributed by atoms with Gasteiger partial charge in [-0.2, -0.15) is 0 Å². The van der Waals surface area contributed by atoms with E-state index < -0.39 is 42.1 Å². The van der Waals surface area contributed by atoms with Gasteiger partial charge in [0, 0.05) is 5.41 Å². The van der Waals surface area contributed by atoms with E-state index in [0.29, 0.717) is 0 Å². The van der Waals surface area contributed by atoms with Crippen LogP contribution in [0.15, 0.2) is 42.5 Å². The van der Waals surface area contributed by atoms with Gasteiger partial charge in [0.25, 0.3) is 0 Å². The second kappa shape index (κ2) is 11.6. The van der Waals surface area contributed by atoms with Crippen LogP contribution in [0, 0.1) is 20.8 Å². The summed E-state index contributed by atoms with van der Waals surface area (Å²) >= 11 is 0. The van der Waals surface area contributed by atoms with Crippen LogP contribution in [-0.4, -0.2) is 36.6 Å². The molecule has 47 heavy (non-hydrogen) atoms. The molecule has 3 aliphatic rings. The van der Waals surface area contributed by atoms with Crippen molar-refractivity contribution in [1.82, 2.24) is 0 Å². The molecule has 0 N–H and O–H groups in total. The van der Waals surface area contributed by atoms with Gasteiger partial charge in [-0.1, -0.05) is 85.3 Å². The lowest BCUT2D eigenvalue weighted by Crippen LogP contribution is -2.41. The summed E-state index contributed by atoms with van der Waals surface area (Å²) in [6.45, 7) is 28.4. The molecule has 1 aliphatic carbocycles. The van der Waals surface area contributed by atoms with Crippen LogP contribution < -0.4 is 10.9 Å². The normalized spacial score (nSPS) is 21.3. The van der Waals surface area contributed by atoms with Crippen molar-refractivity contribution in [1.29, 1.82) is 0 Å². The van der Waals surface area contributed by atoms with Gasteiger partial charge in [0.1, 0.15) is 0 Å². The molecular weight excluding hydrogens is 578 g/mol. The van der Waals surface area contributed by atoms with Crippen molar-refractivity contribution in [2.45, 2.75) is 150 Å². The maximum atomic E-state index is 6.63. The Bertz CT molecular complexity index is 1580. The Morgan fingerprint density at radius 2 is 0.979 bits per heavy atom. The van der Waals surface area contributed by atoms with Gasteiger partial charge in [0.15, 0.2) is 0 Å². The van der Waals surface area contributed by atoms with E-state index in [2.05, 4.69) is 132 Å². The van der Waals surface area contributed by atoms with Crippen molar-refractivity contribution in [3.05, 3.63) is 81.4 Å². The van der Waals surface area contributed by atoms with E-state index >= 15 is 0 Å². The summed E-state index contributed by atoms with van der Waals surface area (Å²) in [7, 11) is -0.848. The summed E-state index contributed by atoms with van der Waals surface area (Å²) in [5.74, 6) is 0. The molecule has 6 heteroatoms. The third kappa shape index (κ3) is 5.66. The zero-order valence-electron chi connectivity index (χ0n) is 31.4. The number of fused-ring (bicyclic) bond motifs is 3. The molecule has 0 unspecified atom stereocenters. The highest BCUT2D eigenvalue weighted by atomic mass is 16.7. The van der Waals surface area contributed by atoms with Crippen molar-refractivity contribution in [2.24, 2.45) is 0 Å². The molecule has 0 amide bonds. The number of hydrogen-bond donors (Lipinski definition) is 0. The van der Waals surface area contributed by atoms with Gasteiger partial charge in [0.05, 0.1) is 22.4 Å². The zero-order valence-corrected chi connectivity index (χ0v) is 31.4. The first kappa shape index (κ1) is 34.5. The standard InChI is InChI=1S/C41H56B2O4/c1-14-15-16-17-18-29-19-26(2)20-30(23-29)41(13)33-24-35(42-44-37(5,6)38(7,8)45-42)27(3)21-31(33)32-22-28(4)36(25-34(32)41)43-46-39(9,10)40(11,12)47-43/h19-25H,14-18H2,1-13H3. The maximum absolute atomic E-state index is 6.63. The molecule has 250 valence electrons. The molecule has 0 bridgehead atoms. The molecule has 6 rings (SSSR count). The highest BCUT2D eigenvalue weighted by molar-refractivity contribution is 6.63. The Morgan fingerprint density at radius 3 is 1.40 bits per heavy atom. The minimum absolute atomic E-state index is 0.396. The number of benzene rings is 3. The fraction of sp³-hybridized carbons (Fsp3) is 0.561. The number of rotatable bonds is 8. The molecule has 3 aromatic carbocycles. The van der Waals surface area contributed by atoms with Gasteiger partial charge >= 0.3 is 14.2 Å². The quantitative estimate of drug-likeness (QED) is 0.184. The van der Waals surface area contributed by atoms with Crippen LogP contribution in [0.3, 0.4) is 0 Å². The highest BCUT2D eigenvalue weighted by Crippen LogP contribution is 2.53. The molecule has 0 saturated carbocycles. The first-order valence-corrected chi connectivity index (χ1v) is 17.9. The molecular formula is C41H56B2O4. The fourth-order valence-electron chi connectivity index (χ4n) is 7.68. The second-order valence-corrected chi connectivity index (χ2v) is 16.8. The van der Waals surface area contributed by atoms with Crippen LogP contribution in [0.1, 0.15) is 134 Å². The van der Waals surface area contributed by atoms with Crippen molar-refractivity contribution in [2.75, 3.05) is 0 Å². The summed E-state index contributed by atoms with van der Waals surface area (Å²) in [6.07, 6.45) is 6.14. The molecule has 0 radical (unpaired) electrons. The van der Waals surface area contributed by atoms with Crippen LogP contribution in [0.2, 0.25) is 0 Å². The van der Waals surface area contributed by atoms with E-state index in [1.165, 1.54) is 75.8 Å². The Morgan fingerprint density at radius 1 is 0.532 bits per heavy atom. The van der Waals surface area contributed by atoms with Crippen molar-refractivity contribution < 1.29 is 18.6 Å². The monoisotopic (exact) mass is 634 g/mol. The Balaban J connectivity index is 1.53. The molecule has 2 saturated heterocycles. The van der Waals surface area contributed by atoms with Crippen molar-refractivity contribution in [3.63, 3.8) is 0 Å². The Labute approximate surface area is 285 Å². The van der Waals surface area contributed by atoms with Crippen LogP contribution in [0.25, 0.3) is 11.1 Å².